The second kappa shape index (κ2) is 8.70. The third-order valence-electron chi connectivity index (χ3n) is 5.10. The molecule has 1 aromatic heterocycles. The Bertz CT molecular complexity index is 1040. The van der Waals surface area contributed by atoms with Crippen molar-refractivity contribution in [2.45, 2.75) is 31.8 Å². The second-order valence-electron chi connectivity index (χ2n) is 7.12. The zero-order valence-corrected chi connectivity index (χ0v) is 16.1. The molecule has 0 bridgehead atoms. The van der Waals surface area contributed by atoms with E-state index in [1.165, 1.54) is 6.42 Å². The van der Waals surface area contributed by atoms with Crippen molar-refractivity contribution in [3.05, 3.63) is 65.9 Å². The van der Waals surface area contributed by atoms with Gasteiger partial charge in [0.15, 0.2) is 11.7 Å². The number of esters is 1. The number of hydrogen-bond acceptors (Lipinski definition) is 6. The zero-order valence-electron chi connectivity index (χ0n) is 16.1. The second-order valence-corrected chi connectivity index (χ2v) is 7.12. The van der Waals surface area contributed by atoms with E-state index in [9.17, 15) is 10.1 Å². The summed E-state index contributed by atoms with van der Waals surface area (Å²) >= 11 is 0. The average molecular weight is 386 g/mol. The average Bonchev–Trinajstić information content (AvgIpc) is 2.79. The van der Waals surface area contributed by atoms with E-state index in [1.807, 2.05) is 54.6 Å². The molecule has 2 aromatic carbocycles. The number of nitriles is 1. The van der Waals surface area contributed by atoms with E-state index in [0.717, 1.165) is 37.0 Å². The molecule has 0 aliphatic carbocycles. The number of carbonyl (C=O) groups excluding carboxylic acids is 1. The van der Waals surface area contributed by atoms with Crippen LogP contribution in [0.4, 0.5) is 5.82 Å². The molecule has 1 fully saturated rings. The molecular formula is C23H22N4O2. The SMILES string of the molecule is N#C[C@@H](C(=O)OCc1ccccc1)c1nc2ccccc2nc1N1CCCCC1. The van der Waals surface area contributed by atoms with Crippen LogP contribution in [0.25, 0.3) is 11.0 Å². The standard InChI is InChI=1S/C23H22N4O2/c24-15-18(23(28)29-16-17-9-3-1-4-10-17)21-22(27-13-7-2-8-14-27)26-20-12-6-5-11-19(20)25-21/h1,3-6,9-12,18H,2,7-8,13-14,16H2/t18-/m1/s1. The van der Waals surface area contributed by atoms with Crippen molar-refractivity contribution >= 4 is 22.8 Å². The van der Waals surface area contributed by atoms with Gasteiger partial charge in [-0.3, -0.25) is 4.79 Å². The fourth-order valence-corrected chi connectivity index (χ4v) is 3.57. The molecule has 6 nitrogen and oxygen atoms in total. The molecule has 1 saturated heterocycles. The molecule has 6 heteroatoms. The fraction of sp³-hybridized carbons (Fsp3) is 0.304. The number of para-hydroxylation sites is 2. The predicted molar refractivity (Wildman–Crippen MR) is 110 cm³/mol. The smallest absolute Gasteiger partial charge is 0.330 e. The van der Waals surface area contributed by atoms with Crippen LogP contribution >= 0.6 is 0 Å². The lowest BCUT2D eigenvalue weighted by atomic mass is 10.0. The van der Waals surface area contributed by atoms with Gasteiger partial charge in [0, 0.05) is 13.1 Å². The molecule has 29 heavy (non-hydrogen) atoms. The number of hydrogen-bond donors (Lipinski definition) is 0. The molecule has 0 radical (unpaired) electrons. The van der Waals surface area contributed by atoms with E-state index in [-0.39, 0.29) is 6.61 Å². The van der Waals surface area contributed by atoms with E-state index in [2.05, 4.69) is 16.0 Å². The maximum Gasteiger partial charge on any atom is 0.330 e. The molecule has 3 aromatic rings. The highest BCUT2D eigenvalue weighted by atomic mass is 16.5. The van der Waals surface area contributed by atoms with E-state index in [4.69, 9.17) is 9.72 Å². The molecular weight excluding hydrogens is 364 g/mol. The van der Waals surface area contributed by atoms with Crippen molar-refractivity contribution in [1.82, 2.24) is 9.97 Å². The number of fused-ring (bicyclic) bond motifs is 1. The molecule has 4 rings (SSSR count). The highest BCUT2D eigenvalue weighted by Crippen LogP contribution is 2.29. The minimum Gasteiger partial charge on any atom is -0.460 e. The van der Waals surface area contributed by atoms with Crippen LogP contribution in [0.1, 0.15) is 36.4 Å². The molecule has 146 valence electrons. The maximum atomic E-state index is 12.8. The Morgan fingerprint density at radius 2 is 1.66 bits per heavy atom. The lowest BCUT2D eigenvalue weighted by Crippen LogP contribution is -2.32. The largest absolute Gasteiger partial charge is 0.460 e. The van der Waals surface area contributed by atoms with Crippen LogP contribution in [0, 0.1) is 11.3 Å². The van der Waals surface area contributed by atoms with Gasteiger partial charge in [-0.2, -0.15) is 5.26 Å². The molecule has 0 unspecified atom stereocenters. The quantitative estimate of drug-likeness (QED) is 0.617. The van der Waals surface area contributed by atoms with Crippen LogP contribution in [-0.2, 0) is 16.1 Å². The van der Waals surface area contributed by atoms with Gasteiger partial charge in [-0.25, -0.2) is 9.97 Å². The van der Waals surface area contributed by atoms with Crippen molar-refractivity contribution in [3.8, 4) is 6.07 Å². The van der Waals surface area contributed by atoms with Crippen LogP contribution in [0.2, 0.25) is 0 Å². The Hall–Kier alpha value is -3.46. The Morgan fingerprint density at radius 3 is 2.34 bits per heavy atom. The van der Waals surface area contributed by atoms with Crippen molar-refractivity contribution in [1.29, 1.82) is 5.26 Å². The van der Waals surface area contributed by atoms with E-state index in [1.54, 1.807) is 0 Å². The number of anilines is 1. The summed E-state index contributed by atoms with van der Waals surface area (Å²) in [7, 11) is 0. The lowest BCUT2D eigenvalue weighted by molar-refractivity contribution is -0.145. The Morgan fingerprint density at radius 1 is 1.00 bits per heavy atom. The minimum absolute atomic E-state index is 0.123. The highest BCUT2D eigenvalue weighted by molar-refractivity contribution is 5.85. The molecule has 0 N–H and O–H groups in total. The van der Waals surface area contributed by atoms with Gasteiger partial charge in [0.25, 0.3) is 0 Å². The van der Waals surface area contributed by atoms with E-state index >= 15 is 0 Å². The third-order valence-corrected chi connectivity index (χ3v) is 5.10. The molecule has 2 heterocycles. The number of benzene rings is 2. The number of ether oxygens (including phenoxy) is 1. The normalized spacial score (nSPS) is 14.9. The van der Waals surface area contributed by atoms with Gasteiger partial charge in [-0.05, 0) is 37.0 Å². The first-order valence-corrected chi connectivity index (χ1v) is 9.88. The molecule has 0 saturated carbocycles. The van der Waals surface area contributed by atoms with E-state index < -0.39 is 11.9 Å². The van der Waals surface area contributed by atoms with Crippen LogP contribution in [0.5, 0.6) is 0 Å². The van der Waals surface area contributed by atoms with Crippen molar-refractivity contribution in [2.75, 3.05) is 18.0 Å². The Balaban J connectivity index is 1.67. The molecule has 1 atom stereocenters. The summed E-state index contributed by atoms with van der Waals surface area (Å²) in [6.07, 6.45) is 3.29. The first kappa shape index (κ1) is 18.9. The first-order valence-electron chi connectivity index (χ1n) is 9.88. The summed E-state index contributed by atoms with van der Waals surface area (Å²) in [5, 5.41) is 9.80. The maximum absolute atomic E-state index is 12.8. The van der Waals surface area contributed by atoms with Crippen LogP contribution < -0.4 is 4.90 Å². The molecule has 1 aliphatic rings. The predicted octanol–water partition coefficient (Wildman–Crippen LogP) is 3.97. The van der Waals surface area contributed by atoms with Crippen molar-refractivity contribution < 1.29 is 9.53 Å². The van der Waals surface area contributed by atoms with Gasteiger partial charge in [0.2, 0.25) is 0 Å². The topological polar surface area (TPSA) is 79.1 Å². The summed E-state index contributed by atoms with van der Waals surface area (Å²) in [6, 6.07) is 19.0. The first-order chi connectivity index (χ1) is 14.3. The van der Waals surface area contributed by atoms with Gasteiger partial charge < -0.3 is 9.64 Å². The van der Waals surface area contributed by atoms with Crippen LogP contribution in [0.15, 0.2) is 54.6 Å². The van der Waals surface area contributed by atoms with Crippen molar-refractivity contribution in [2.24, 2.45) is 0 Å². The Labute approximate surface area is 169 Å². The molecule has 0 spiro atoms. The summed E-state index contributed by atoms with van der Waals surface area (Å²) < 4.78 is 5.44. The van der Waals surface area contributed by atoms with Crippen molar-refractivity contribution in [3.63, 3.8) is 0 Å². The van der Waals surface area contributed by atoms with Crippen LogP contribution in [-0.4, -0.2) is 29.0 Å². The summed E-state index contributed by atoms with van der Waals surface area (Å²) in [5.41, 5.74) is 2.68. The van der Waals surface area contributed by atoms with Gasteiger partial charge >= 0.3 is 5.97 Å². The summed E-state index contributed by atoms with van der Waals surface area (Å²) in [5.74, 6) is -1.10. The molecule has 1 aliphatic heterocycles. The summed E-state index contributed by atoms with van der Waals surface area (Å²) in [4.78, 5) is 24.4. The van der Waals surface area contributed by atoms with Gasteiger partial charge in [-0.15, -0.1) is 0 Å². The number of aromatic nitrogens is 2. The van der Waals surface area contributed by atoms with Gasteiger partial charge in [0.1, 0.15) is 12.3 Å². The minimum atomic E-state index is -1.12. The monoisotopic (exact) mass is 386 g/mol. The third kappa shape index (κ3) is 4.19. The number of rotatable bonds is 5. The van der Waals surface area contributed by atoms with Gasteiger partial charge in [-0.1, -0.05) is 42.5 Å². The lowest BCUT2D eigenvalue weighted by Gasteiger charge is -2.29. The van der Waals surface area contributed by atoms with Crippen LogP contribution in [0.3, 0.4) is 0 Å². The Kier molecular flexibility index (Phi) is 5.66. The molecule has 0 amide bonds. The number of nitrogens with zero attached hydrogens (tertiary/aromatic N) is 4. The fourth-order valence-electron chi connectivity index (χ4n) is 3.57. The summed E-state index contributed by atoms with van der Waals surface area (Å²) in [6.45, 7) is 1.81. The zero-order chi connectivity index (χ0) is 20.1. The number of carbonyl (C=O) groups is 1. The highest BCUT2D eigenvalue weighted by Gasteiger charge is 2.30. The van der Waals surface area contributed by atoms with Gasteiger partial charge in [0.05, 0.1) is 17.1 Å². The number of piperidine rings is 1. The van der Waals surface area contributed by atoms with E-state index in [0.29, 0.717) is 17.0 Å².